The van der Waals surface area contributed by atoms with Gasteiger partial charge in [0.25, 0.3) is 5.91 Å². The van der Waals surface area contributed by atoms with Crippen LogP contribution in [0.5, 0.6) is 0 Å². The Hall–Kier alpha value is -2.08. The summed E-state index contributed by atoms with van der Waals surface area (Å²) in [4.78, 5) is 37.2. The van der Waals surface area contributed by atoms with Gasteiger partial charge < -0.3 is 15.3 Å². The van der Waals surface area contributed by atoms with E-state index in [4.69, 9.17) is 11.6 Å². The van der Waals surface area contributed by atoms with Crippen LogP contribution in [0.4, 0.5) is 5.69 Å². The van der Waals surface area contributed by atoms with Gasteiger partial charge in [-0.1, -0.05) is 31.4 Å². The highest BCUT2D eigenvalue weighted by molar-refractivity contribution is 6.34. The average Bonchev–Trinajstić information content (AvgIpc) is 2.97. The number of carboxylic acid groups (broad SMARTS) is 1. The molecule has 1 atom stereocenters. The van der Waals surface area contributed by atoms with Crippen LogP contribution >= 0.6 is 11.6 Å². The molecule has 0 aromatic heterocycles. The number of hydrogen-bond acceptors (Lipinski definition) is 3. The number of aliphatic carboxylic acids is 1. The summed E-state index contributed by atoms with van der Waals surface area (Å²) in [6.45, 7) is 2.56. The van der Waals surface area contributed by atoms with Crippen LogP contribution in [0.25, 0.3) is 0 Å². The third-order valence-electron chi connectivity index (χ3n) is 4.03. The molecule has 24 heavy (non-hydrogen) atoms. The molecule has 2 amide bonds. The Labute approximate surface area is 145 Å². The molecular weight excluding hydrogens is 332 g/mol. The van der Waals surface area contributed by atoms with Gasteiger partial charge in [0.05, 0.1) is 10.6 Å². The van der Waals surface area contributed by atoms with Crippen LogP contribution in [0, 0.1) is 0 Å². The van der Waals surface area contributed by atoms with E-state index in [0.29, 0.717) is 31.5 Å². The van der Waals surface area contributed by atoms with Crippen molar-refractivity contribution in [2.45, 2.75) is 45.1 Å². The minimum Gasteiger partial charge on any atom is -0.480 e. The molecule has 7 heteroatoms. The van der Waals surface area contributed by atoms with Crippen LogP contribution < -0.4 is 10.2 Å². The molecule has 1 aromatic carbocycles. The molecule has 0 bridgehead atoms. The van der Waals surface area contributed by atoms with E-state index in [2.05, 4.69) is 5.32 Å². The molecule has 1 heterocycles. The summed E-state index contributed by atoms with van der Waals surface area (Å²) < 4.78 is 0. The molecule has 0 radical (unpaired) electrons. The monoisotopic (exact) mass is 352 g/mol. The number of carboxylic acids is 1. The Kier molecular flexibility index (Phi) is 6.20. The highest BCUT2D eigenvalue weighted by Gasteiger charge is 2.25. The minimum absolute atomic E-state index is 0.00930. The van der Waals surface area contributed by atoms with E-state index >= 15 is 0 Å². The topological polar surface area (TPSA) is 86.7 Å². The zero-order valence-electron chi connectivity index (χ0n) is 13.5. The molecular formula is C17H21ClN2O4. The van der Waals surface area contributed by atoms with E-state index < -0.39 is 17.9 Å². The van der Waals surface area contributed by atoms with E-state index in [1.165, 1.54) is 0 Å². The normalized spacial score (nSPS) is 15.4. The van der Waals surface area contributed by atoms with Crippen molar-refractivity contribution in [1.82, 2.24) is 5.32 Å². The van der Waals surface area contributed by atoms with Gasteiger partial charge in [-0.3, -0.25) is 9.59 Å². The SMILES string of the molecule is CCCC[C@H](NC(=O)c1cc(N2CCCC2=O)ccc1Cl)C(=O)O. The van der Waals surface area contributed by atoms with Crippen molar-refractivity contribution < 1.29 is 19.5 Å². The fraction of sp³-hybridized carbons (Fsp3) is 0.471. The van der Waals surface area contributed by atoms with Gasteiger partial charge in [0.15, 0.2) is 0 Å². The van der Waals surface area contributed by atoms with Gasteiger partial charge >= 0.3 is 5.97 Å². The van der Waals surface area contributed by atoms with Crippen LogP contribution in [0.1, 0.15) is 49.4 Å². The molecule has 0 aliphatic carbocycles. The fourth-order valence-electron chi connectivity index (χ4n) is 2.68. The van der Waals surface area contributed by atoms with Gasteiger partial charge in [0.1, 0.15) is 6.04 Å². The summed E-state index contributed by atoms with van der Waals surface area (Å²) in [5, 5.41) is 12.0. The third kappa shape index (κ3) is 4.26. The lowest BCUT2D eigenvalue weighted by atomic mass is 10.1. The van der Waals surface area contributed by atoms with Gasteiger partial charge in [-0.25, -0.2) is 4.79 Å². The lowest BCUT2D eigenvalue weighted by Crippen LogP contribution is -2.40. The molecule has 1 aliphatic rings. The maximum atomic E-state index is 12.4. The summed E-state index contributed by atoms with van der Waals surface area (Å²) in [5.74, 6) is -1.61. The molecule has 130 valence electrons. The summed E-state index contributed by atoms with van der Waals surface area (Å²) in [7, 11) is 0. The first-order valence-electron chi connectivity index (χ1n) is 8.07. The van der Waals surface area contributed by atoms with Gasteiger partial charge in [0.2, 0.25) is 5.91 Å². The number of rotatable bonds is 7. The summed E-state index contributed by atoms with van der Waals surface area (Å²) in [6.07, 6.45) is 3.17. The highest BCUT2D eigenvalue weighted by Crippen LogP contribution is 2.26. The molecule has 0 saturated carbocycles. The molecule has 1 aromatic rings. The van der Waals surface area contributed by atoms with E-state index in [9.17, 15) is 19.5 Å². The third-order valence-corrected chi connectivity index (χ3v) is 4.36. The molecule has 6 nitrogen and oxygen atoms in total. The molecule has 2 N–H and O–H groups in total. The summed E-state index contributed by atoms with van der Waals surface area (Å²) in [6, 6.07) is 3.83. The van der Waals surface area contributed by atoms with Crippen molar-refractivity contribution in [2.24, 2.45) is 0 Å². The van der Waals surface area contributed by atoms with Crippen LogP contribution in [-0.2, 0) is 9.59 Å². The predicted octanol–water partition coefficient (Wildman–Crippen LogP) is 2.84. The number of benzene rings is 1. The standard InChI is InChI=1S/C17H21ClN2O4/c1-2-3-5-14(17(23)24)19-16(22)12-10-11(7-8-13(12)18)20-9-4-6-15(20)21/h7-8,10,14H,2-6,9H2,1H3,(H,19,22)(H,23,24)/t14-/m0/s1. The number of unbranched alkanes of at least 4 members (excludes halogenated alkanes) is 1. The molecule has 0 spiro atoms. The van der Waals surface area contributed by atoms with Crippen LogP contribution in [0.2, 0.25) is 5.02 Å². The zero-order chi connectivity index (χ0) is 17.7. The van der Waals surface area contributed by atoms with Gasteiger partial charge in [-0.15, -0.1) is 0 Å². The predicted molar refractivity (Wildman–Crippen MR) is 91.5 cm³/mol. The Balaban J connectivity index is 2.18. The van der Waals surface area contributed by atoms with Crippen molar-refractivity contribution >= 4 is 35.1 Å². The quantitative estimate of drug-likeness (QED) is 0.790. The number of anilines is 1. The molecule has 2 rings (SSSR count). The molecule has 1 aliphatic heterocycles. The van der Waals surface area contributed by atoms with Crippen molar-refractivity contribution in [1.29, 1.82) is 0 Å². The van der Waals surface area contributed by atoms with Crippen LogP contribution in [0.15, 0.2) is 18.2 Å². The average molecular weight is 353 g/mol. The Morgan fingerprint density at radius 3 is 2.75 bits per heavy atom. The first-order valence-corrected chi connectivity index (χ1v) is 8.45. The lowest BCUT2D eigenvalue weighted by molar-refractivity contribution is -0.139. The minimum atomic E-state index is -1.07. The second-order valence-electron chi connectivity index (χ2n) is 5.82. The lowest BCUT2D eigenvalue weighted by Gasteiger charge is -2.18. The number of nitrogens with one attached hydrogen (secondary N) is 1. The number of nitrogens with zero attached hydrogens (tertiary/aromatic N) is 1. The highest BCUT2D eigenvalue weighted by atomic mass is 35.5. The van der Waals surface area contributed by atoms with Gasteiger partial charge in [0, 0.05) is 18.7 Å². The largest absolute Gasteiger partial charge is 0.480 e. The second-order valence-corrected chi connectivity index (χ2v) is 6.23. The maximum Gasteiger partial charge on any atom is 0.326 e. The van der Waals surface area contributed by atoms with Crippen molar-refractivity contribution in [3.63, 3.8) is 0 Å². The Morgan fingerprint density at radius 2 is 2.17 bits per heavy atom. The number of carbonyl (C=O) groups excluding carboxylic acids is 2. The zero-order valence-corrected chi connectivity index (χ0v) is 14.3. The molecule has 1 saturated heterocycles. The number of carbonyl (C=O) groups is 3. The van der Waals surface area contributed by atoms with E-state index in [1.807, 2.05) is 6.92 Å². The van der Waals surface area contributed by atoms with E-state index in [1.54, 1.807) is 23.1 Å². The number of hydrogen-bond donors (Lipinski definition) is 2. The van der Waals surface area contributed by atoms with Gasteiger partial charge in [-0.05, 0) is 31.0 Å². The van der Waals surface area contributed by atoms with Gasteiger partial charge in [-0.2, -0.15) is 0 Å². The number of halogens is 1. The smallest absolute Gasteiger partial charge is 0.326 e. The summed E-state index contributed by atoms with van der Waals surface area (Å²) in [5.41, 5.74) is 0.782. The number of amides is 2. The fourth-order valence-corrected chi connectivity index (χ4v) is 2.88. The van der Waals surface area contributed by atoms with E-state index in [-0.39, 0.29) is 16.5 Å². The Bertz CT molecular complexity index is 647. The molecule has 1 fully saturated rings. The van der Waals surface area contributed by atoms with Crippen LogP contribution in [0.3, 0.4) is 0 Å². The van der Waals surface area contributed by atoms with Crippen molar-refractivity contribution in [3.05, 3.63) is 28.8 Å². The summed E-state index contributed by atoms with van der Waals surface area (Å²) >= 11 is 6.09. The first-order chi connectivity index (χ1) is 11.4. The van der Waals surface area contributed by atoms with E-state index in [0.717, 1.165) is 12.8 Å². The first kappa shape index (κ1) is 18.3. The van der Waals surface area contributed by atoms with Crippen molar-refractivity contribution in [3.8, 4) is 0 Å². The molecule has 0 unspecified atom stereocenters. The second kappa shape index (κ2) is 8.15. The van der Waals surface area contributed by atoms with Crippen molar-refractivity contribution in [2.75, 3.05) is 11.4 Å². The van der Waals surface area contributed by atoms with Crippen LogP contribution in [-0.4, -0.2) is 35.5 Å². The maximum absolute atomic E-state index is 12.4. The Morgan fingerprint density at radius 1 is 1.42 bits per heavy atom.